The largest absolute Gasteiger partial charge is 0.373 e. The molecule has 2 amide bonds. The Hall–Kier alpha value is -2.81. The van der Waals surface area contributed by atoms with Crippen molar-refractivity contribution in [2.24, 2.45) is 5.92 Å². The number of aromatic nitrogens is 2. The standard InChI is InChI=1S/C19H22F2N4O3/c1-10(2)15(18(26)22-3)24-19(27)16-14-9-28-7-6-25(14)17(23-16)11-4-5-12(20)13(21)8-11/h4-5,8,10,15H,6-7,9H2,1-3H3,(H,22,26)(H,24,27). The van der Waals surface area contributed by atoms with Gasteiger partial charge in [0.2, 0.25) is 5.91 Å². The Morgan fingerprint density at radius 2 is 2.00 bits per heavy atom. The van der Waals surface area contributed by atoms with Crippen LogP contribution in [0.3, 0.4) is 0 Å². The van der Waals surface area contributed by atoms with Gasteiger partial charge in [0.1, 0.15) is 11.9 Å². The van der Waals surface area contributed by atoms with E-state index in [0.717, 1.165) is 12.1 Å². The van der Waals surface area contributed by atoms with E-state index in [2.05, 4.69) is 15.6 Å². The average Bonchev–Trinajstić information content (AvgIpc) is 3.07. The van der Waals surface area contributed by atoms with Crippen LogP contribution in [0.25, 0.3) is 11.4 Å². The quantitative estimate of drug-likeness (QED) is 0.814. The van der Waals surface area contributed by atoms with Crippen molar-refractivity contribution in [3.05, 3.63) is 41.2 Å². The van der Waals surface area contributed by atoms with E-state index in [1.807, 2.05) is 13.8 Å². The lowest BCUT2D eigenvalue weighted by atomic mass is 10.0. The molecule has 0 fully saturated rings. The number of imidazole rings is 1. The van der Waals surface area contributed by atoms with Gasteiger partial charge in [-0.25, -0.2) is 13.8 Å². The fourth-order valence-corrected chi connectivity index (χ4v) is 3.14. The Labute approximate surface area is 161 Å². The molecule has 1 unspecified atom stereocenters. The van der Waals surface area contributed by atoms with E-state index in [0.29, 0.717) is 30.2 Å². The first kappa shape index (κ1) is 19.9. The number of hydrogen-bond acceptors (Lipinski definition) is 4. The molecule has 1 aromatic heterocycles. The van der Waals surface area contributed by atoms with E-state index in [1.54, 1.807) is 4.57 Å². The van der Waals surface area contributed by atoms with Crippen molar-refractivity contribution in [3.8, 4) is 11.4 Å². The fourth-order valence-electron chi connectivity index (χ4n) is 3.14. The Kier molecular flexibility index (Phi) is 5.73. The zero-order valence-electron chi connectivity index (χ0n) is 15.9. The van der Waals surface area contributed by atoms with Gasteiger partial charge in [-0.05, 0) is 24.1 Å². The molecule has 2 N–H and O–H groups in total. The summed E-state index contributed by atoms with van der Waals surface area (Å²) >= 11 is 0. The monoisotopic (exact) mass is 392 g/mol. The van der Waals surface area contributed by atoms with E-state index in [4.69, 9.17) is 4.74 Å². The number of nitrogens with one attached hydrogen (secondary N) is 2. The maximum Gasteiger partial charge on any atom is 0.272 e. The van der Waals surface area contributed by atoms with Crippen molar-refractivity contribution in [3.63, 3.8) is 0 Å². The molecule has 2 aromatic rings. The molecule has 1 aliphatic rings. The lowest BCUT2D eigenvalue weighted by molar-refractivity contribution is -0.123. The SMILES string of the molecule is CNC(=O)C(NC(=O)c1nc(-c2ccc(F)c(F)c2)n2c1COCC2)C(C)C. The molecule has 3 rings (SSSR count). The van der Waals surface area contributed by atoms with E-state index in [-0.39, 0.29) is 24.1 Å². The van der Waals surface area contributed by atoms with Crippen molar-refractivity contribution in [2.75, 3.05) is 13.7 Å². The van der Waals surface area contributed by atoms with Crippen LogP contribution < -0.4 is 10.6 Å². The van der Waals surface area contributed by atoms with Crippen LogP contribution in [0, 0.1) is 17.6 Å². The molecule has 0 radical (unpaired) electrons. The predicted molar refractivity (Wildman–Crippen MR) is 97.4 cm³/mol. The normalized spacial score (nSPS) is 14.5. The summed E-state index contributed by atoms with van der Waals surface area (Å²) in [6.45, 7) is 4.63. The number of fused-ring (bicyclic) bond motifs is 1. The van der Waals surface area contributed by atoms with Crippen LogP contribution in [0.15, 0.2) is 18.2 Å². The number of nitrogens with zero attached hydrogens (tertiary/aromatic N) is 2. The summed E-state index contributed by atoms with van der Waals surface area (Å²) in [7, 11) is 1.50. The van der Waals surface area contributed by atoms with Crippen LogP contribution >= 0.6 is 0 Å². The van der Waals surface area contributed by atoms with Crippen molar-refractivity contribution >= 4 is 11.8 Å². The van der Waals surface area contributed by atoms with Crippen LogP contribution in [0.5, 0.6) is 0 Å². The summed E-state index contributed by atoms with van der Waals surface area (Å²) in [6, 6.07) is 2.74. The number of rotatable bonds is 5. The van der Waals surface area contributed by atoms with Gasteiger partial charge in [0.15, 0.2) is 17.3 Å². The van der Waals surface area contributed by atoms with Gasteiger partial charge < -0.3 is 19.9 Å². The Morgan fingerprint density at radius 3 is 2.64 bits per heavy atom. The van der Waals surface area contributed by atoms with Crippen molar-refractivity contribution in [1.29, 1.82) is 0 Å². The van der Waals surface area contributed by atoms with Gasteiger partial charge in [-0.1, -0.05) is 13.8 Å². The predicted octanol–water partition coefficient (Wildman–Crippen LogP) is 1.86. The molecule has 0 bridgehead atoms. The highest BCUT2D eigenvalue weighted by Gasteiger charge is 2.29. The summed E-state index contributed by atoms with van der Waals surface area (Å²) in [5, 5.41) is 5.23. The van der Waals surface area contributed by atoms with Gasteiger partial charge in [0.25, 0.3) is 5.91 Å². The van der Waals surface area contributed by atoms with E-state index in [1.165, 1.54) is 13.1 Å². The summed E-state index contributed by atoms with van der Waals surface area (Å²) in [6.07, 6.45) is 0. The highest BCUT2D eigenvalue weighted by Crippen LogP contribution is 2.27. The smallest absolute Gasteiger partial charge is 0.272 e. The minimum atomic E-state index is -0.993. The molecule has 150 valence electrons. The highest BCUT2D eigenvalue weighted by atomic mass is 19.2. The molecule has 0 aliphatic carbocycles. The number of likely N-dealkylation sites (N-methyl/N-ethyl adjacent to an activating group) is 1. The topological polar surface area (TPSA) is 85.3 Å². The Morgan fingerprint density at radius 1 is 1.25 bits per heavy atom. The van der Waals surface area contributed by atoms with Gasteiger partial charge in [-0.3, -0.25) is 9.59 Å². The van der Waals surface area contributed by atoms with Crippen molar-refractivity contribution in [1.82, 2.24) is 20.2 Å². The fraction of sp³-hybridized carbons (Fsp3) is 0.421. The molecular weight excluding hydrogens is 370 g/mol. The Balaban J connectivity index is 1.99. The van der Waals surface area contributed by atoms with Gasteiger partial charge in [-0.15, -0.1) is 0 Å². The van der Waals surface area contributed by atoms with Crippen LogP contribution in [0.4, 0.5) is 8.78 Å². The van der Waals surface area contributed by atoms with Crippen molar-refractivity contribution in [2.45, 2.75) is 33.0 Å². The first-order chi connectivity index (χ1) is 13.3. The number of carbonyl (C=O) groups is 2. The number of halogens is 2. The molecule has 9 heteroatoms. The first-order valence-electron chi connectivity index (χ1n) is 8.98. The third-order valence-electron chi connectivity index (χ3n) is 4.65. The maximum atomic E-state index is 13.7. The van der Waals surface area contributed by atoms with Crippen LogP contribution in [0.2, 0.25) is 0 Å². The second-order valence-electron chi connectivity index (χ2n) is 6.87. The van der Waals surface area contributed by atoms with Crippen LogP contribution in [-0.2, 0) is 22.7 Å². The maximum absolute atomic E-state index is 13.7. The summed E-state index contributed by atoms with van der Waals surface area (Å²) in [4.78, 5) is 29.3. The molecular formula is C19H22F2N4O3. The second kappa shape index (κ2) is 8.05. The lowest BCUT2D eigenvalue weighted by Gasteiger charge is -2.21. The molecule has 2 heterocycles. The average molecular weight is 392 g/mol. The summed E-state index contributed by atoms with van der Waals surface area (Å²) < 4.78 is 34.2. The number of amides is 2. The molecule has 0 saturated carbocycles. The van der Waals surface area contributed by atoms with Gasteiger partial charge >= 0.3 is 0 Å². The van der Waals surface area contributed by atoms with Gasteiger partial charge in [-0.2, -0.15) is 0 Å². The zero-order chi connectivity index (χ0) is 20.4. The number of hydrogen-bond donors (Lipinski definition) is 2. The molecule has 0 saturated heterocycles. The zero-order valence-corrected chi connectivity index (χ0v) is 15.9. The third-order valence-corrected chi connectivity index (χ3v) is 4.65. The van der Waals surface area contributed by atoms with E-state index < -0.39 is 23.6 Å². The van der Waals surface area contributed by atoms with E-state index >= 15 is 0 Å². The summed E-state index contributed by atoms with van der Waals surface area (Å²) in [5.41, 5.74) is 0.990. The lowest BCUT2D eigenvalue weighted by Crippen LogP contribution is -2.49. The minimum Gasteiger partial charge on any atom is -0.373 e. The third kappa shape index (κ3) is 3.75. The molecule has 0 spiro atoms. The minimum absolute atomic E-state index is 0.106. The number of benzene rings is 1. The Bertz CT molecular complexity index is 911. The first-order valence-corrected chi connectivity index (χ1v) is 8.98. The van der Waals surface area contributed by atoms with Crippen LogP contribution in [-0.4, -0.2) is 41.1 Å². The number of ether oxygens (including phenoxy) is 1. The molecule has 1 atom stereocenters. The second-order valence-corrected chi connectivity index (χ2v) is 6.87. The molecule has 1 aromatic carbocycles. The van der Waals surface area contributed by atoms with Gasteiger partial charge in [0, 0.05) is 19.2 Å². The molecule has 1 aliphatic heterocycles. The molecule has 7 nitrogen and oxygen atoms in total. The number of carbonyl (C=O) groups excluding carboxylic acids is 2. The summed E-state index contributed by atoms with van der Waals surface area (Å²) in [5.74, 6) is -2.57. The van der Waals surface area contributed by atoms with E-state index in [9.17, 15) is 18.4 Å². The van der Waals surface area contributed by atoms with Gasteiger partial charge in [0.05, 0.1) is 18.9 Å². The molecule has 28 heavy (non-hydrogen) atoms. The van der Waals surface area contributed by atoms with Crippen molar-refractivity contribution < 1.29 is 23.1 Å². The van der Waals surface area contributed by atoms with Crippen LogP contribution in [0.1, 0.15) is 30.0 Å². The highest BCUT2D eigenvalue weighted by molar-refractivity contribution is 5.97.